The number of benzene rings is 1. The van der Waals surface area contributed by atoms with Crippen LogP contribution in [0, 0.1) is 11.2 Å². The van der Waals surface area contributed by atoms with E-state index in [1.807, 2.05) is 0 Å². The summed E-state index contributed by atoms with van der Waals surface area (Å²) in [6, 6.07) is 4.83. The van der Waals surface area contributed by atoms with Crippen LogP contribution in [0.5, 0.6) is 0 Å². The Hall–Kier alpha value is -3.64. The van der Waals surface area contributed by atoms with Gasteiger partial charge in [0.25, 0.3) is 0 Å². The van der Waals surface area contributed by atoms with Crippen LogP contribution >= 0.6 is 0 Å². The molecule has 1 unspecified atom stereocenters. The highest BCUT2D eigenvalue weighted by Gasteiger charge is 2.19. The van der Waals surface area contributed by atoms with Crippen LogP contribution < -0.4 is 10.6 Å². The number of piperidine rings is 1. The van der Waals surface area contributed by atoms with Gasteiger partial charge >= 0.3 is 5.97 Å². The maximum atomic E-state index is 15.1. The molecule has 216 valence electrons. The van der Waals surface area contributed by atoms with Crippen molar-refractivity contribution in [2.75, 3.05) is 37.8 Å². The minimum atomic E-state index is -0.683. The van der Waals surface area contributed by atoms with Gasteiger partial charge in [-0.15, -0.1) is 0 Å². The van der Waals surface area contributed by atoms with Crippen molar-refractivity contribution in [1.29, 1.82) is 5.41 Å². The minimum Gasteiger partial charge on any atom is -0.460 e. The molecule has 11 nitrogen and oxygen atoms in total. The summed E-state index contributed by atoms with van der Waals surface area (Å²) in [6.45, 7) is 3.20. The van der Waals surface area contributed by atoms with E-state index in [0.29, 0.717) is 43.4 Å². The summed E-state index contributed by atoms with van der Waals surface area (Å²) in [5.41, 5.74) is 7.25. The first kappa shape index (κ1) is 29.3. The molecule has 0 spiro atoms. The molecule has 1 atom stereocenters. The average molecular weight is 557 g/mol. The number of halogens is 1. The summed E-state index contributed by atoms with van der Waals surface area (Å²) in [6.07, 6.45) is 9.36. The number of rotatable bonds is 13. The first-order chi connectivity index (χ1) is 19.5. The number of amidine groups is 1. The van der Waals surface area contributed by atoms with Gasteiger partial charge in [-0.3, -0.25) is 10.2 Å². The first-order valence-corrected chi connectivity index (χ1v) is 13.7. The fourth-order valence-corrected chi connectivity index (χ4v) is 4.42. The molecule has 0 saturated carbocycles. The van der Waals surface area contributed by atoms with Gasteiger partial charge in [0.1, 0.15) is 31.3 Å². The predicted molar refractivity (Wildman–Crippen MR) is 147 cm³/mol. The van der Waals surface area contributed by atoms with Crippen molar-refractivity contribution in [3.8, 4) is 11.1 Å². The quantitative estimate of drug-likeness (QED) is 0.123. The summed E-state index contributed by atoms with van der Waals surface area (Å²) < 4.78 is 31.4. The SMILES string of the molecule is N=C(N)CC(=O)OCc1cccc(-c2cnc(N3CCC(=NOCCCCOC4CCCCO4)CC3)nc2)c1F. The Morgan fingerprint density at radius 2 is 1.95 bits per heavy atom. The molecule has 1 aromatic heterocycles. The summed E-state index contributed by atoms with van der Waals surface area (Å²) in [5, 5.41) is 11.4. The van der Waals surface area contributed by atoms with Crippen molar-refractivity contribution in [1.82, 2.24) is 9.97 Å². The van der Waals surface area contributed by atoms with Gasteiger partial charge in [0, 0.05) is 68.2 Å². The van der Waals surface area contributed by atoms with Crippen LogP contribution in [0.25, 0.3) is 11.1 Å². The number of nitrogens with one attached hydrogen (secondary N) is 1. The Labute approximate surface area is 233 Å². The van der Waals surface area contributed by atoms with Gasteiger partial charge in [-0.05, 0) is 32.1 Å². The van der Waals surface area contributed by atoms with Crippen molar-refractivity contribution >= 4 is 23.5 Å². The van der Waals surface area contributed by atoms with Crippen LogP contribution in [0.3, 0.4) is 0 Å². The first-order valence-electron chi connectivity index (χ1n) is 13.7. The minimum absolute atomic E-state index is 0.0456. The third kappa shape index (κ3) is 8.95. The maximum absolute atomic E-state index is 15.1. The molecular weight excluding hydrogens is 519 g/mol. The van der Waals surface area contributed by atoms with Gasteiger partial charge in [0.15, 0.2) is 6.29 Å². The van der Waals surface area contributed by atoms with E-state index in [2.05, 4.69) is 20.0 Å². The lowest BCUT2D eigenvalue weighted by molar-refractivity contribution is -0.163. The number of carbonyl (C=O) groups excluding carboxylic acids is 1. The van der Waals surface area contributed by atoms with E-state index in [-0.39, 0.29) is 30.7 Å². The van der Waals surface area contributed by atoms with Crippen LogP contribution in [0.2, 0.25) is 0 Å². The van der Waals surface area contributed by atoms with Crippen LogP contribution in [0.4, 0.5) is 10.3 Å². The number of nitrogens with two attached hydrogens (primary N) is 1. The van der Waals surface area contributed by atoms with Gasteiger partial charge in [-0.1, -0.05) is 23.4 Å². The second-order valence-corrected chi connectivity index (χ2v) is 9.76. The van der Waals surface area contributed by atoms with E-state index >= 15 is 4.39 Å². The van der Waals surface area contributed by atoms with Crippen molar-refractivity contribution in [2.24, 2.45) is 10.9 Å². The van der Waals surface area contributed by atoms with Gasteiger partial charge in [-0.25, -0.2) is 14.4 Å². The van der Waals surface area contributed by atoms with Crippen molar-refractivity contribution in [3.63, 3.8) is 0 Å². The van der Waals surface area contributed by atoms with Crippen LogP contribution in [-0.2, 0) is 30.4 Å². The molecule has 3 heterocycles. The number of aromatic nitrogens is 2. The Morgan fingerprint density at radius 1 is 1.18 bits per heavy atom. The number of nitrogens with zero attached hydrogens (tertiary/aromatic N) is 4. The lowest BCUT2D eigenvalue weighted by Crippen LogP contribution is -2.35. The molecule has 40 heavy (non-hydrogen) atoms. The molecule has 4 rings (SSSR count). The van der Waals surface area contributed by atoms with E-state index in [9.17, 15) is 4.79 Å². The number of anilines is 1. The lowest BCUT2D eigenvalue weighted by atomic mass is 10.0. The Morgan fingerprint density at radius 3 is 2.67 bits per heavy atom. The van der Waals surface area contributed by atoms with Crippen molar-refractivity contribution < 1.29 is 28.2 Å². The fraction of sp³-hybridized carbons (Fsp3) is 0.536. The zero-order chi connectivity index (χ0) is 28.2. The summed E-state index contributed by atoms with van der Waals surface area (Å²) in [4.78, 5) is 28.1. The number of ether oxygens (including phenoxy) is 3. The summed E-state index contributed by atoms with van der Waals surface area (Å²) in [5.74, 6) is -0.934. The van der Waals surface area contributed by atoms with Gasteiger partial charge < -0.3 is 29.7 Å². The molecule has 12 heteroatoms. The number of hydrogen-bond acceptors (Lipinski definition) is 10. The average Bonchev–Trinajstić information content (AvgIpc) is 2.97. The smallest absolute Gasteiger partial charge is 0.313 e. The van der Waals surface area contributed by atoms with Crippen LogP contribution in [-0.4, -0.2) is 66.7 Å². The number of hydrogen-bond donors (Lipinski definition) is 2. The lowest BCUT2D eigenvalue weighted by Gasteiger charge is -2.27. The molecule has 2 saturated heterocycles. The zero-order valence-corrected chi connectivity index (χ0v) is 22.6. The largest absolute Gasteiger partial charge is 0.460 e. The molecule has 2 aliphatic rings. The number of oxime groups is 1. The standard InChI is InChI=1S/C28H37FN6O5/c29-27-20(19-39-25(36)16-24(30)31)6-5-7-23(27)21-17-32-28(33-18-21)35-11-9-22(10-12-35)34-40-15-4-3-14-38-26-8-1-2-13-37-26/h5-7,17-18,26H,1-4,8-16,19H2,(H3,30,31). The number of esters is 1. The Balaban J connectivity index is 1.19. The van der Waals surface area contributed by atoms with Crippen molar-refractivity contribution in [3.05, 3.63) is 42.0 Å². The molecule has 0 aliphatic carbocycles. The highest BCUT2D eigenvalue weighted by atomic mass is 19.1. The van der Waals surface area contributed by atoms with Crippen molar-refractivity contribution in [2.45, 2.75) is 64.3 Å². The molecule has 0 radical (unpaired) electrons. The van der Waals surface area contributed by atoms with Gasteiger partial charge in [0.2, 0.25) is 5.95 Å². The van der Waals surface area contributed by atoms with E-state index < -0.39 is 11.8 Å². The highest BCUT2D eigenvalue weighted by molar-refractivity contribution is 5.94. The maximum Gasteiger partial charge on any atom is 0.313 e. The predicted octanol–water partition coefficient (Wildman–Crippen LogP) is 3.95. The molecule has 0 amide bonds. The third-order valence-electron chi connectivity index (χ3n) is 6.64. The molecule has 2 aliphatic heterocycles. The number of unbranched alkanes of at least 4 members (excludes halogenated alkanes) is 1. The van der Waals surface area contributed by atoms with E-state index in [1.165, 1.54) is 12.5 Å². The second kappa shape index (κ2) is 15.2. The second-order valence-electron chi connectivity index (χ2n) is 9.76. The normalized spacial score (nSPS) is 17.4. The van der Waals surface area contributed by atoms with Gasteiger partial charge in [0.05, 0.1) is 5.71 Å². The van der Waals surface area contributed by atoms with E-state index in [4.69, 9.17) is 30.2 Å². The summed E-state index contributed by atoms with van der Waals surface area (Å²) in [7, 11) is 0. The fourth-order valence-electron chi connectivity index (χ4n) is 4.42. The molecule has 3 N–H and O–H groups in total. The van der Waals surface area contributed by atoms with Crippen LogP contribution in [0.1, 0.15) is 56.9 Å². The molecular formula is C28H37FN6O5. The molecule has 2 aromatic rings. The number of carbonyl (C=O) groups is 1. The van der Waals surface area contributed by atoms with Crippen LogP contribution in [0.15, 0.2) is 35.7 Å². The summed E-state index contributed by atoms with van der Waals surface area (Å²) >= 11 is 0. The molecule has 2 fully saturated rings. The zero-order valence-electron chi connectivity index (χ0n) is 22.6. The van der Waals surface area contributed by atoms with E-state index in [0.717, 1.165) is 50.8 Å². The Kier molecular flexibility index (Phi) is 11.2. The molecule has 0 bridgehead atoms. The highest BCUT2D eigenvalue weighted by Crippen LogP contribution is 2.26. The topological polar surface area (TPSA) is 145 Å². The third-order valence-corrected chi connectivity index (χ3v) is 6.64. The molecule has 1 aromatic carbocycles. The van der Waals surface area contributed by atoms with E-state index in [1.54, 1.807) is 24.5 Å². The Bertz CT molecular complexity index is 1150. The monoisotopic (exact) mass is 556 g/mol. The van der Waals surface area contributed by atoms with Gasteiger partial charge in [-0.2, -0.15) is 0 Å².